The van der Waals surface area contributed by atoms with Crippen molar-refractivity contribution in [2.45, 2.75) is 53.9 Å². The van der Waals surface area contributed by atoms with E-state index in [1.165, 1.54) is 20.8 Å². The maximum atomic E-state index is 13.0. The van der Waals surface area contributed by atoms with E-state index in [2.05, 4.69) is 15.6 Å². The van der Waals surface area contributed by atoms with Crippen molar-refractivity contribution in [2.75, 3.05) is 6.54 Å². The molecule has 2 rings (SSSR count). The fourth-order valence-electron chi connectivity index (χ4n) is 3.11. The highest BCUT2D eigenvalue weighted by Gasteiger charge is 2.34. The number of imide groups is 1. The first-order chi connectivity index (χ1) is 17.3. The topological polar surface area (TPSA) is 141 Å². The highest BCUT2D eigenvalue weighted by molar-refractivity contribution is 6.30. The molecule has 0 atom stereocenters. The first kappa shape index (κ1) is 29.6. The number of hydrogen-bond acceptors (Lipinski definition) is 6. The zero-order valence-electron chi connectivity index (χ0n) is 21.5. The van der Waals surface area contributed by atoms with Gasteiger partial charge in [0.2, 0.25) is 11.9 Å². The largest absolute Gasteiger partial charge is 0.491 e. The number of halogens is 1. The van der Waals surface area contributed by atoms with Gasteiger partial charge in [-0.2, -0.15) is 0 Å². The summed E-state index contributed by atoms with van der Waals surface area (Å²) < 4.78 is 5.70. The molecule has 2 aromatic carbocycles. The third-order valence-corrected chi connectivity index (χ3v) is 5.43. The van der Waals surface area contributed by atoms with Crippen LogP contribution in [0.25, 0.3) is 0 Å². The summed E-state index contributed by atoms with van der Waals surface area (Å²) >= 11 is 5.95. The van der Waals surface area contributed by atoms with Crippen LogP contribution in [0.2, 0.25) is 5.02 Å². The number of urea groups is 1. The van der Waals surface area contributed by atoms with Gasteiger partial charge in [0, 0.05) is 30.6 Å². The van der Waals surface area contributed by atoms with Gasteiger partial charge in [-0.25, -0.2) is 9.79 Å². The molecule has 200 valence electrons. The number of amides is 3. The maximum Gasteiger partial charge on any atom is 0.330 e. The molecule has 0 aliphatic rings. The molecule has 0 aromatic heterocycles. The number of carboxylic acids is 1. The van der Waals surface area contributed by atoms with Crippen LogP contribution < -0.4 is 15.4 Å². The van der Waals surface area contributed by atoms with Gasteiger partial charge >= 0.3 is 12.0 Å². The Morgan fingerprint density at radius 3 is 2.32 bits per heavy atom. The lowest BCUT2D eigenvalue weighted by atomic mass is 9.93. The highest BCUT2D eigenvalue weighted by Crippen LogP contribution is 2.26. The molecule has 2 aromatic rings. The van der Waals surface area contributed by atoms with Crippen LogP contribution in [-0.4, -0.2) is 51.6 Å². The smallest absolute Gasteiger partial charge is 0.330 e. The Morgan fingerprint density at radius 2 is 1.78 bits per heavy atom. The van der Waals surface area contributed by atoms with Crippen molar-refractivity contribution >= 4 is 41.2 Å². The standard InChI is InChI=1S/C26H33ClN4O6/c1-16(2)37-22-11-10-21(12-19(22)14-32)29-24(28-13-18-6-8-20(27)9-7-18)30-25(36)31(17(3)33)15-26(4,5)23(34)35/h6-12,16,32H,13-15H2,1-5H3,(H,34,35)(H2,28,29,30,36). The van der Waals surface area contributed by atoms with Crippen molar-refractivity contribution in [1.82, 2.24) is 15.5 Å². The number of aliphatic imine (C=N–C) groups is 1. The predicted molar refractivity (Wildman–Crippen MR) is 141 cm³/mol. The normalized spacial score (nSPS) is 11.7. The molecule has 0 bridgehead atoms. The van der Waals surface area contributed by atoms with Gasteiger partial charge in [0.15, 0.2) is 0 Å². The Morgan fingerprint density at radius 1 is 1.14 bits per heavy atom. The number of aliphatic carboxylic acids is 1. The third kappa shape index (κ3) is 9.07. The van der Waals surface area contributed by atoms with Gasteiger partial charge in [-0.3, -0.25) is 19.8 Å². The van der Waals surface area contributed by atoms with E-state index in [1.54, 1.807) is 42.5 Å². The zero-order valence-corrected chi connectivity index (χ0v) is 22.3. The van der Waals surface area contributed by atoms with E-state index in [1.807, 2.05) is 13.8 Å². The highest BCUT2D eigenvalue weighted by atomic mass is 35.5. The molecule has 0 saturated carbocycles. The Kier molecular flexibility index (Phi) is 10.5. The number of carbonyl (C=O) groups excluding carboxylic acids is 2. The number of carboxylic acid groups (broad SMARTS) is 1. The molecule has 0 unspecified atom stereocenters. The molecule has 0 aliphatic carbocycles. The lowest BCUT2D eigenvalue weighted by Crippen LogP contribution is -2.52. The van der Waals surface area contributed by atoms with Crippen LogP contribution in [0.4, 0.5) is 10.5 Å². The fourth-order valence-corrected chi connectivity index (χ4v) is 3.24. The first-order valence-electron chi connectivity index (χ1n) is 11.6. The summed E-state index contributed by atoms with van der Waals surface area (Å²) in [6.45, 7) is 7.39. The van der Waals surface area contributed by atoms with Crippen molar-refractivity contribution in [3.63, 3.8) is 0 Å². The molecule has 0 spiro atoms. The third-order valence-electron chi connectivity index (χ3n) is 5.17. The summed E-state index contributed by atoms with van der Waals surface area (Å²) in [6, 6.07) is 11.1. The number of ether oxygens (including phenoxy) is 1. The summed E-state index contributed by atoms with van der Waals surface area (Å²) in [4.78, 5) is 42.1. The van der Waals surface area contributed by atoms with E-state index >= 15 is 0 Å². The Hall–Kier alpha value is -3.63. The molecule has 0 aliphatic heterocycles. The minimum Gasteiger partial charge on any atom is -0.491 e. The summed E-state index contributed by atoms with van der Waals surface area (Å²) in [6.07, 6.45) is -0.0943. The lowest BCUT2D eigenvalue weighted by molar-refractivity contribution is -0.148. The molecule has 37 heavy (non-hydrogen) atoms. The molecule has 11 heteroatoms. The number of nitrogens with zero attached hydrogens (tertiary/aromatic N) is 2. The number of aliphatic hydroxyl groups excluding tert-OH is 1. The molecule has 3 amide bonds. The minimum atomic E-state index is -1.36. The lowest BCUT2D eigenvalue weighted by Gasteiger charge is -2.28. The number of carbonyl (C=O) groups is 3. The maximum absolute atomic E-state index is 13.0. The Labute approximate surface area is 221 Å². The molecular weight excluding hydrogens is 500 g/mol. The number of nitrogens with one attached hydrogen (secondary N) is 2. The molecule has 0 radical (unpaired) electrons. The molecule has 0 heterocycles. The van der Waals surface area contributed by atoms with Gasteiger partial charge in [0.05, 0.1) is 23.8 Å². The van der Waals surface area contributed by atoms with Crippen molar-refractivity contribution < 1.29 is 29.3 Å². The van der Waals surface area contributed by atoms with Crippen molar-refractivity contribution in [1.29, 1.82) is 0 Å². The van der Waals surface area contributed by atoms with Gasteiger partial charge in [-0.15, -0.1) is 0 Å². The average molecular weight is 533 g/mol. The average Bonchev–Trinajstić information content (AvgIpc) is 2.82. The second-order valence-corrected chi connectivity index (χ2v) is 9.72. The second-order valence-electron chi connectivity index (χ2n) is 9.28. The SMILES string of the molecule is CC(=O)N(CC(C)(C)C(=O)O)C(=O)N/C(=N\c1ccc(OC(C)C)c(CO)c1)NCc1ccc(Cl)cc1. The summed E-state index contributed by atoms with van der Waals surface area (Å²) in [5.74, 6) is -1.25. The van der Waals surface area contributed by atoms with E-state index in [9.17, 15) is 24.6 Å². The van der Waals surface area contributed by atoms with E-state index < -0.39 is 23.3 Å². The predicted octanol–water partition coefficient (Wildman–Crippen LogP) is 4.07. The van der Waals surface area contributed by atoms with Crippen LogP contribution in [0.15, 0.2) is 47.5 Å². The Bertz CT molecular complexity index is 1150. The number of guanidine groups is 1. The van der Waals surface area contributed by atoms with Gasteiger partial charge < -0.3 is 20.3 Å². The summed E-state index contributed by atoms with van der Waals surface area (Å²) in [7, 11) is 0. The summed E-state index contributed by atoms with van der Waals surface area (Å²) in [5, 5.41) is 25.4. The number of rotatable bonds is 9. The van der Waals surface area contributed by atoms with Gasteiger partial charge in [0.1, 0.15) is 5.75 Å². The van der Waals surface area contributed by atoms with Crippen molar-refractivity contribution in [3.05, 3.63) is 58.6 Å². The van der Waals surface area contributed by atoms with Crippen LogP contribution in [0.5, 0.6) is 5.75 Å². The molecular formula is C26H33ClN4O6. The molecule has 0 fully saturated rings. The van der Waals surface area contributed by atoms with Crippen molar-refractivity contribution in [3.8, 4) is 5.75 Å². The van der Waals surface area contributed by atoms with Crippen LogP contribution in [0, 0.1) is 5.41 Å². The van der Waals surface area contributed by atoms with Gasteiger partial charge in [-0.1, -0.05) is 23.7 Å². The number of aliphatic hydroxyl groups is 1. The number of benzene rings is 2. The first-order valence-corrected chi connectivity index (χ1v) is 12.0. The van der Waals surface area contributed by atoms with Gasteiger partial charge in [0.25, 0.3) is 0 Å². The zero-order chi connectivity index (χ0) is 27.8. The van der Waals surface area contributed by atoms with Crippen LogP contribution >= 0.6 is 11.6 Å². The van der Waals surface area contributed by atoms with Crippen LogP contribution in [0.1, 0.15) is 45.7 Å². The van der Waals surface area contributed by atoms with Crippen LogP contribution in [-0.2, 0) is 22.7 Å². The van der Waals surface area contributed by atoms with E-state index in [0.29, 0.717) is 22.0 Å². The monoisotopic (exact) mass is 532 g/mol. The molecule has 10 nitrogen and oxygen atoms in total. The quantitative estimate of drug-likeness (QED) is 0.282. The van der Waals surface area contributed by atoms with Crippen LogP contribution in [0.3, 0.4) is 0 Å². The van der Waals surface area contributed by atoms with Crippen molar-refractivity contribution in [2.24, 2.45) is 10.4 Å². The number of hydrogen-bond donors (Lipinski definition) is 4. The molecule has 0 saturated heterocycles. The fraction of sp³-hybridized carbons (Fsp3) is 0.385. The summed E-state index contributed by atoms with van der Waals surface area (Å²) in [5.41, 5.74) is 0.393. The minimum absolute atomic E-state index is 0.0146. The van der Waals surface area contributed by atoms with E-state index in [0.717, 1.165) is 10.5 Å². The molecule has 4 N–H and O–H groups in total. The van der Waals surface area contributed by atoms with E-state index in [4.69, 9.17) is 16.3 Å². The van der Waals surface area contributed by atoms with Gasteiger partial charge in [-0.05, 0) is 63.6 Å². The van der Waals surface area contributed by atoms with E-state index in [-0.39, 0.29) is 31.8 Å². The Balaban J connectivity index is 2.37. The second kappa shape index (κ2) is 13.1.